The van der Waals surface area contributed by atoms with E-state index in [1.807, 2.05) is 0 Å². The van der Waals surface area contributed by atoms with Gasteiger partial charge in [0.2, 0.25) is 5.95 Å². The minimum Gasteiger partial charge on any atom is -0.354 e. The van der Waals surface area contributed by atoms with Crippen LogP contribution in [0.2, 0.25) is 0 Å². The molecule has 0 saturated carbocycles. The van der Waals surface area contributed by atoms with Gasteiger partial charge in [-0.05, 0) is 19.0 Å². The molecular formula is C7H14Cl2N4. The van der Waals surface area contributed by atoms with Crippen molar-refractivity contribution in [1.82, 2.24) is 9.97 Å². The Hall–Kier alpha value is -0.580. The van der Waals surface area contributed by atoms with Gasteiger partial charge in [0, 0.05) is 18.9 Å². The number of rotatable bonds is 4. The third kappa shape index (κ3) is 6.57. The zero-order valence-corrected chi connectivity index (χ0v) is 8.77. The highest BCUT2D eigenvalue weighted by atomic mass is 35.5. The second-order valence-electron chi connectivity index (χ2n) is 2.14. The number of aromatic nitrogens is 2. The van der Waals surface area contributed by atoms with Crippen molar-refractivity contribution < 1.29 is 0 Å². The Balaban J connectivity index is 0. The largest absolute Gasteiger partial charge is 0.354 e. The van der Waals surface area contributed by atoms with Gasteiger partial charge in [-0.3, -0.25) is 0 Å². The van der Waals surface area contributed by atoms with Gasteiger partial charge in [0.15, 0.2) is 0 Å². The predicted octanol–water partition coefficient (Wildman–Crippen LogP) is 1.08. The van der Waals surface area contributed by atoms with Crippen LogP contribution in [0.1, 0.15) is 6.42 Å². The first-order valence-electron chi connectivity index (χ1n) is 3.64. The number of hydrogen-bond acceptors (Lipinski definition) is 4. The van der Waals surface area contributed by atoms with Gasteiger partial charge in [-0.15, -0.1) is 24.8 Å². The maximum Gasteiger partial charge on any atom is 0.222 e. The second-order valence-corrected chi connectivity index (χ2v) is 2.14. The van der Waals surface area contributed by atoms with Crippen LogP contribution in [0.5, 0.6) is 0 Å². The van der Waals surface area contributed by atoms with Crippen molar-refractivity contribution in [2.24, 2.45) is 5.73 Å². The lowest BCUT2D eigenvalue weighted by atomic mass is 10.4. The normalized spacial score (nSPS) is 8.08. The number of nitrogens with two attached hydrogens (primary N) is 1. The second kappa shape index (κ2) is 9.51. The first-order valence-corrected chi connectivity index (χ1v) is 3.64. The fourth-order valence-corrected chi connectivity index (χ4v) is 0.693. The Morgan fingerprint density at radius 3 is 2.38 bits per heavy atom. The summed E-state index contributed by atoms with van der Waals surface area (Å²) in [6.45, 7) is 1.53. The summed E-state index contributed by atoms with van der Waals surface area (Å²) in [5.41, 5.74) is 5.31. The number of nitrogens with zero attached hydrogens (tertiary/aromatic N) is 2. The van der Waals surface area contributed by atoms with E-state index in [2.05, 4.69) is 15.3 Å². The third-order valence-electron chi connectivity index (χ3n) is 1.23. The van der Waals surface area contributed by atoms with Gasteiger partial charge in [-0.2, -0.15) is 0 Å². The van der Waals surface area contributed by atoms with Gasteiger partial charge >= 0.3 is 0 Å². The van der Waals surface area contributed by atoms with Crippen LogP contribution >= 0.6 is 24.8 Å². The van der Waals surface area contributed by atoms with E-state index in [1.54, 1.807) is 18.5 Å². The van der Waals surface area contributed by atoms with Gasteiger partial charge in [-0.1, -0.05) is 0 Å². The quantitative estimate of drug-likeness (QED) is 0.752. The first-order chi connectivity index (χ1) is 5.43. The molecule has 0 unspecified atom stereocenters. The molecule has 0 bridgehead atoms. The minimum atomic E-state index is 0. The SMILES string of the molecule is Cl.Cl.NCCCNc1ncccn1. The summed E-state index contributed by atoms with van der Waals surface area (Å²) < 4.78 is 0. The molecule has 3 N–H and O–H groups in total. The molecular weight excluding hydrogens is 211 g/mol. The number of hydrogen-bond donors (Lipinski definition) is 2. The Morgan fingerprint density at radius 2 is 1.85 bits per heavy atom. The topological polar surface area (TPSA) is 63.8 Å². The van der Waals surface area contributed by atoms with Crippen molar-refractivity contribution in [2.75, 3.05) is 18.4 Å². The highest BCUT2D eigenvalue weighted by Gasteiger charge is 1.89. The zero-order chi connectivity index (χ0) is 7.94. The summed E-state index contributed by atoms with van der Waals surface area (Å²) in [6, 6.07) is 1.79. The summed E-state index contributed by atoms with van der Waals surface area (Å²) >= 11 is 0. The molecule has 1 aromatic rings. The summed E-state index contributed by atoms with van der Waals surface area (Å²) in [7, 11) is 0. The van der Waals surface area contributed by atoms with Crippen LogP contribution in [-0.4, -0.2) is 23.1 Å². The van der Waals surface area contributed by atoms with E-state index in [0.717, 1.165) is 13.0 Å². The Labute approximate surface area is 90.2 Å². The van der Waals surface area contributed by atoms with Crippen molar-refractivity contribution in [2.45, 2.75) is 6.42 Å². The van der Waals surface area contributed by atoms with Crippen LogP contribution in [0, 0.1) is 0 Å². The molecule has 76 valence electrons. The molecule has 0 fully saturated rings. The van der Waals surface area contributed by atoms with Crippen molar-refractivity contribution in [3.05, 3.63) is 18.5 Å². The van der Waals surface area contributed by atoms with Crippen LogP contribution in [0.15, 0.2) is 18.5 Å². The number of anilines is 1. The van der Waals surface area contributed by atoms with Crippen LogP contribution in [-0.2, 0) is 0 Å². The molecule has 0 spiro atoms. The monoisotopic (exact) mass is 224 g/mol. The first kappa shape index (κ1) is 14.9. The van der Waals surface area contributed by atoms with E-state index in [4.69, 9.17) is 5.73 Å². The Morgan fingerprint density at radius 1 is 1.23 bits per heavy atom. The van der Waals surface area contributed by atoms with E-state index in [1.165, 1.54) is 0 Å². The summed E-state index contributed by atoms with van der Waals surface area (Å²) in [5, 5.41) is 3.04. The molecule has 1 heterocycles. The lowest BCUT2D eigenvalue weighted by molar-refractivity contribution is 0.864. The van der Waals surface area contributed by atoms with E-state index in [-0.39, 0.29) is 24.8 Å². The maximum atomic E-state index is 5.31. The molecule has 13 heavy (non-hydrogen) atoms. The smallest absolute Gasteiger partial charge is 0.222 e. The average Bonchev–Trinajstić information content (AvgIpc) is 2.07. The van der Waals surface area contributed by atoms with Gasteiger partial charge in [0.1, 0.15) is 0 Å². The molecule has 0 aromatic carbocycles. The fourth-order valence-electron chi connectivity index (χ4n) is 0.693. The average molecular weight is 225 g/mol. The van der Waals surface area contributed by atoms with Crippen LogP contribution in [0.25, 0.3) is 0 Å². The van der Waals surface area contributed by atoms with Gasteiger partial charge in [0.05, 0.1) is 0 Å². The van der Waals surface area contributed by atoms with E-state index >= 15 is 0 Å². The molecule has 4 nitrogen and oxygen atoms in total. The fraction of sp³-hybridized carbons (Fsp3) is 0.429. The van der Waals surface area contributed by atoms with Crippen molar-refractivity contribution in [3.8, 4) is 0 Å². The third-order valence-corrected chi connectivity index (χ3v) is 1.23. The molecule has 0 amide bonds. The molecule has 0 radical (unpaired) electrons. The van der Waals surface area contributed by atoms with Gasteiger partial charge in [0.25, 0.3) is 0 Å². The van der Waals surface area contributed by atoms with E-state index in [0.29, 0.717) is 12.5 Å². The predicted molar refractivity (Wildman–Crippen MR) is 58.7 cm³/mol. The summed E-state index contributed by atoms with van der Waals surface area (Å²) in [6.07, 6.45) is 4.35. The molecule has 0 saturated heterocycles. The van der Waals surface area contributed by atoms with Crippen LogP contribution < -0.4 is 11.1 Å². The van der Waals surface area contributed by atoms with Gasteiger partial charge in [-0.25, -0.2) is 9.97 Å². The number of halogens is 2. The van der Waals surface area contributed by atoms with Crippen molar-refractivity contribution in [1.29, 1.82) is 0 Å². The van der Waals surface area contributed by atoms with E-state index < -0.39 is 0 Å². The Bertz CT molecular complexity index is 195. The van der Waals surface area contributed by atoms with Crippen LogP contribution in [0.3, 0.4) is 0 Å². The lowest BCUT2D eigenvalue weighted by Gasteiger charge is -2.00. The molecule has 0 aliphatic heterocycles. The summed E-state index contributed by atoms with van der Waals surface area (Å²) in [5.74, 6) is 0.668. The van der Waals surface area contributed by atoms with E-state index in [9.17, 15) is 0 Å². The highest BCUT2D eigenvalue weighted by Crippen LogP contribution is 1.92. The minimum absolute atomic E-state index is 0. The van der Waals surface area contributed by atoms with Crippen molar-refractivity contribution >= 4 is 30.8 Å². The molecule has 0 aliphatic rings. The van der Waals surface area contributed by atoms with Gasteiger partial charge < -0.3 is 11.1 Å². The van der Waals surface area contributed by atoms with Crippen molar-refractivity contribution in [3.63, 3.8) is 0 Å². The molecule has 1 aromatic heterocycles. The standard InChI is InChI=1S/C7H12N4.2ClH/c8-3-1-4-9-7-10-5-2-6-11-7;;/h2,5-6H,1,3-4,8H2,(H,9,10,11);2*1H. The molecule has 6 heteroatoms. The van der Waals surface area contributed by atoms with Crippen LogP contribution in [0.4, 0.5) is 5.95 Å². The Kier molecular flexibility index (Phi) is 10.9. The maximum absolute atomic E-state index is 5.31. The summed E-state index contributed by atoms with van der Waals surface area (Å²) in [4.78, 5) is 7.98. The molecule has 0 atom stereocenters. The molecule has 1 rings (SSSR count). The highest BCUT2D eigenvalue weighted by molar-refractivity contribution is 5.85. The molecule has 0 aliphatic carbocycles. The lowest BCUT2D eigenvalue weighted by Crippen LogP contribution is -2.09. The zero-order valence-electron chi connectivity index (χ0n) is 7.14. The number of nitrogens with one attached hydrogen (secondary N) is 1.